The molecule has 0 saturated carbocycles. The average molecular weight is 368 g/mol. The molecular formula is C18H23ClFN3O2. The summed E-state index contributed by atoms with van der Waals surface area (Å²) >= 11 is 6.02. The first-order chi connectivity index (χ1) is 11.9. The van der Waals surface area contributed by atoms with E-state index in [1.807, 2.05) is 7.05 Å². The smallest absolute Gasteiger partial charge is 0.240 e. The Morgan fingerprint density at radius 1 is 1.32 bits per heavy atom. The number of carbonyl (C=O) groups excluding carboxylic acids is 2. The highest BCUT2D eigenvalue weighted by Gasteiger charge is 2.46. The quantitative estimate of drug-likeness (QED) is 0.867. The van der Waals surface area contributed by atoms with Gasteiger partial charge in [-0.3, -0.25) is 14.5 Å². The van der Waals surface area contributed by atoms with Gasteiger partial charge in [0.1, 0.15) is 11.4 Å². The number of piperidine rings is 1. The maximum Gasteiger partial charge on any atom is 0.240 e. The molecule has 2 amide bonds. The molecule has 2 heterocycles. The van der Waals surface area contributed by atoms with E-state index in [9.17, 15) is 14.0 Å². The number of carbonyl (C=O) groups is 2. The molecule has 25 heavy (non-hydrogen) atoms. The van der Waals surface area contributed by atoms with Gasteiger partial charge in [-0.25, -0.2) is 4.39 Å². The van der Waals surface area contributed by atoms with Crippen LogP contribution in [-0.4, -0.2) is 60.4 Å². The van der Waals surface area contributed by atoms with Crippen molar-refractivity contribution >= 4 is 23.4 Å². The van der Waals surface area contributed by atoms with Gasteiger partial charge in [0, 0.05) is 36.8 Å². The first kappa shape index (κ1) is 18.1. The molecule has 2 fully saturated rings. The summed E-state index contributed by atoms with van der Waals surface area (Å²) in [7, 11) is 1.97. The number of benzene rings is 1. The first-order valence-corrected chi connectivity index (χ1v) is 9.02. The minimum atomic E-state index is -0.539. The summed E-state index contributed by atoms with van der Waals surface area (Å²) in [5.74, 6) is -0.563. The van der Waals surface area contributed by atoms with Gasteiger partial charge in [0.05, 0.1) is 6.42 Å². The predicted molar refractivity (Wildman–Crippen MR) is 93.9 cm³/mol. The molecular weight excluding hydrogens is 345 g/mol. The van der Waals surface area contributed by atoms with E-state index in [1.165, 1.54) is 12.1 Å². The molecule has 3 rings (SSSR count). The number of amides is 2. The summed E-state index contributed by atoms with van der Waals surface area (Å²) in [6.45, 7) is 2.53. The molecule has 136 valence electrons. The summed E-state index contributed by atoms with van der Waals surface area (Å²) in [6, 6.07) is 4.42. The van der Waals surface area contributed by atoms with E-state index in [2.05, 4.69) is 10.2 Å². The van der Waals surface area contributed by atoms with Crippen molar-refractivity contribution in [2.45, 2.75) is 31.2 Å². The largest absolute Gasteiger partial charge is 0.354 e. The highest BCUT2D eigenvalue weighted by atomic mass is 35.5. The maximum absolute atomic E-state index is 13.9. The summed E-state index contributed by atoms with van der Waals surface area (Å²) in [4.78, 5) is 28.9. The Labute approximate surface area is 152 Å². The van der Waals surface area contributed by atoms with Gasteiger partial charge in [-0.2, -0.15) is 0 Å². The number of hydrogen-bond acceptors (Lipinski definition) is 3. The molecule has 2 saturated heterocycles. The molecule has 0 atom stereocenters. The van der Waals surface area contributed by atoms with E-state index in [4.69, 9.17) is 11.6 Å². The fourth-order valence-corrected chi connectivity index (χ4v) is 4.00. The van der Waals surface area contributed by atoms with Crippen molar-refractivity contribution in [1.82, 2.24) is 15.1 Å². The lowest BCUT2D eigenvalue weighted by molar-refractivity contribution is -0.141. The van der Waals surface area contributed by atoms with Gasteiger partial charge in [0.15, 0.2) is 0 Å². The molecule has 0 bridgehead atoms. The molecule has 1 aromatic rings. The normalized spacial score (nSPS) is 21.1. The van der Waals surface area contributed by atoms with Gasteiger partial charge in [-0.1, -0.05) is 17.7 Å². The Hall–Kier alpha value is -1.66. The predicted octanol–water partition coefficient (Wildman–Crippen LogP) is 1.83. The van der Waals surface area contributed by atoms with E-state index >= 15 is 0 Å². The van der Waals surface area contributed by atoms with E-state index in [1.54, 1.807) is 11.0 Å². The molecule has 0 radical (unpaired) electrons. The van der Waals surface area contributed by atoms with Crippen LogP contribution in [0.1, 0.15) is 24.8 Å². The van der Waals surface area contributed by atoms with Crippen LogP contribution in [-0.2, 0) is 16.0 Å². The van der Waals surface area contributed by atoms with Gasteiger partial charge in [-0.15, -0.1) is 0 Å². The lowest BCUT2D eigenvalue weighted by Crippen LogP contribution is -2.61. The van der Waals surface area contributed by atoms with Crippen LogP contribution in [0.3, 0.4) is 0 Å². The molecule has 0 aromatic heterocycles. The van der Waals surface area contributed by atoms with Crippen molar-refractivity contribution in [1.29, 1.82) is 0 Å². The van der Waals surface area contributed by atoms with Crippen LogP contribution < -0.4 is 5.32 Å². The molecule has 2 aliphatic heterocycles. The minimum Gasteiger partial charge on any atom is -0.354 e. The Morgan fingerprint density at radius 2 is 2.04 bits per heavy atom. The van der Waals surface area contributed by atoms with E-state index in [0.717, 1.165) is 13.0 Å². The van der Waals surface area contributed by atoms with Gasteiger partial charge in [0.25, 0.3) is 0 Å². The molecule has 1 spiro atoms. The van der Waals surface area contributed by atoms with Crippen LogP contribution >= 0.6 is 11.6 Å². The van der Waals surface area contributed by atoms with Crippen molar-refractivity contribution in [2.24, 2.45) is 0 Å². The highest BCUT2D eigenvalue weighted by molar-refractivity contribution is 6.31. The number of halogens is 2. The number of likely N-dealkylation sites (tertiary alicyclic amines) is 1. The van der Waals surface area contributed by atoms with E-state index in [0.29, 0.717) is 32.5 Å². The van der Waals surface area contributed by atoms with Crippen LogP contribution in [0.5, 0.6) is 0 Å². The number of likely N-dealkylation sites (N-methyl/N-ethyl adjacent to an activating group) is 1. The fraction of sp³-hybridized carbons (Fsp3) is 0.556. The topological polar surface area (TPSA) is 52.7 Å². The van der Waals surface area contributed by atoms with Crippen molar-refractivity contribution in [3.05, 3.63) is 34.6 Å². The molecule has 7 heteroatoms. The van der Waals surface area contributed by atoms with E-state index in [-0.39, 0.29) is 28.8 Å². The van der Waals surface area contributed by atoms with E-state index < -0.39 is 11.4 Å². The third-order valence-corrected chi connectivity index (χ3v) is 5.80. The minimum absolute atomic E-state index is 0.0525. The van der Waals surface area contributed by atoms with Crippen LogP contribution in [0.25, 0.3) is 0 Å². The van der Waals surface area contributed by atoms with Crippen LogP contribution in [0.15, 0.2) is 18.2 Å². The van der Waals surface area contributed by atoms with Crippen molar-refractivity contribution in [3.63, 3.8) is 0 Å². The SMILES string of the molecule is CN1CCCNC(=O)C12CCN(C(=O)Cc1c(F)cccc1Cl)CC2. The van der Waals surface area contributed by atoms with Gasteiger partial charge in [0.2, 0.25) is 11.8 Å². The number of nitrogens with zero attached hydrogens (tertiary/aromatic N) is 2. The zero-order chi connectivity index (χ0) is 18.0. The number of rotatable bonds is 2. The Bertz CT molecular complexity index is 654. The van der Waals surface area contributed by atoms with Crippen LogP contribution in [0.4, 0.5) is 4.39 Å². The maximum atomic E-state index is 13.9. The number of hydrogen-bond donors (Lipinski definition) is 1. The van der Waals surface area contributed by atoms with Gasteiger partial charge < -0.3 is 10.2 Å². The summed E-state index contributed by atoms with van der Waals surface area (Å²) < 4.78 is 13.9. The third-order valence-electron chi connectivity index (χ3n) is 5.44. The fourth-order valence-electron chi connectivity index (χ4n) is 3.77. The molecule has 5 nitrogen and oxygen atoms in total. The average Bonchev–Trinajstić information content (AvgIpc) is 2.73. The van der Waals surface area contributed by atoms with Crippen molar-refractivity contribution in [3.8, 4) is 0 Å². The standard InChI is InChI=1S/C18H23ClFN3O2/c1-22-9-3-8-21-17(25)18(22)6-10-23(11-7-18)16(24)12-13-14(19)4-2-5-15(13)20/h2,4-5H,3,6-12H2,1H3,(H,21,25). The summed E-state index contributed by atoms with van der Waals surface area (Å²) in [5, 5.41) is 3.25. The second kappa shape index (κ2) is 7.30. The van der Waals surface area contributed by atoms with Gasteiger partial charge in [-0.05, 0) is 38.4 Å². The lowest BCUT2D eigenvalue weighted by Gasteiger charge is -2.45. The molecule has 2 aliphatic rings. The summed E-state index contributed by atoms with van der Waals surface area (Å²) in [5.41, 5.74) is -0.304. The third kappa shape index (κ3) is 3.51. The Morgan fingerprint density at radius 3 is 2.72 bits per heavy atom. The Balaban J connectivity index is 1.67. The van der Waals surface area contributed by atoms with Crippen molar-refractivity contribution < 1.29 is 14.0 Å². The molecule has 1 aromatic carbocycles. The van der Waals surface area contributed by atoms with Crippen molar-refractivity contribution in [2.75, 3.05) is 33.2 Å². The van der Waals surface area contributed by atoms with Gasteiger partial charge >= 0.3 is 0 Å². The lowest BCUT2D eigenvalue weighted by atomic mass is 9.85. The highest BCUT2D eigenvalue weighted by Crippen LogP contribution is 2.30. The monoisotopic (exact) mass is 367 g/mol. The Kier molecular flexibility index (Phi) is 5.29. The zero-order valence-electron chi connectivity index (χ0n) is 14.4. The second-order valence-corrected chi connectivity index (χ2v) is 7.23. The zero-order valence-corrected chi connectivity index (χ0v) is 15.1. The van der Waals surface area contributed by atoms with Crippen LogP contribution in [0, 0.1) is 5.82 Å². The second-order valence-electron chi connectivity index (χ2n) is 6.82. The first-order valence-electron chi connectivity index (χ1n) is 8.64. The molecule has 0 aliphatic carbocycles. The molecule has 0 unspecified atom stereocenters. The summed E-state index contributed by atoms with van der Waals surface area (Å²) in [6.07, 6.45) is 2.05. The van der Waals surface area contributed by atoms with Crippen LogP contribution in [0.2, 0.25) is 5.02 Å². The number of nitrogens with one attached hydrogen (secondary N) is 1. The molecule has 1 N–H and O–H groups in total.